The zero-order valence-corrected chi connectivity index (χ0v) is 10.3. The van der Waals surface area contributed by atoms with Crippen molar-refractivity contribution in [3.63, 3.8) is 0 Å². The van der Waals surface area contributed by atoms with Gasteiger partial charge in [-0.1, -0.05) is 12.1 Å². The van der Waals surface area contributed by atoms with E-state index in [0.717, 1.165) is 11.3 Å². The first-order valence-corrected chi connectivity index (χ1v) is 5.51. The molecule has 94 valence electrons. The van der Waals surface area contributed by atoms with Crippen molar-refractivity contribution in [1.29, 1.82) is 0 Å². The van der Waals surface area contributed by atoms with Gasteiger partial charge in [-0.2, -0.15) is 5.10 Å². The van der Waals surface area contributed by atoms with E-state index in [1.165, 1.54) is 10.9 Å². The van der Waals surface area contributed by atoms with Crippen LogP contribution in [0.1, 0.15) is 21.6 Å². The molecule has 5 heteroatoms. The summed E-state index contributed by atoms with van der Waals surface area (Å²) in [6.07, 6.45) is 1.51. The highest BCUT2D eigenvalue weighted by Gasteiger charge is 2.15. The van der Waals surface area contributed by atoms with E-state index in [2.05, 4.69) is 5.10 Å². The van der Waals surface area contributed by atoms with Gasteiger partial charge in [0.2, 0.25) is 0 Å². The van der Waals surface area contributed by atoms with Crippen LogP contribution in [0.5, 0.6) is 5.75 Å². The molecule has 0 aliphatic rings. The summed E-state index contributed by atoms with van der Waals surface area (Å²) in [5.74, 6) is -0.284. The standard InChI is InChI=1S/C13H14N2O3/c1-9-4-3-5-11(6-9)18-8-10-7-14-15(2)12(10)13(16)17/h3-7H,8H2,1-2H3,(H,16,17). The van der Waals surface area contributed by atoms with Gasteiger partial charge >= 0.3 is 5.97 Å². The molecule has 0 atom stereocenters. The highest BCUT2D eigenvalue weighted by Crippen LogP contribution is 2.16. The number of hydrogen-bond donors (Lipinski definition) is 1. The molecule has 0 saturated carbocycles. The third-order valence-corrected chi connectivity index (χ3v) is 2.60. The fourth-order valence-electron chi connectivity index (χ4n) is 1.73. The molecule has 0 aliphatic heterocycles. The second-order valence-corrected chi connectivity index (χ2v) is 4.05. The largest absolute Gasteiger partial charge is 0.489 e. The van der Waals surface area contributed by atoms with Gasteiger partial charge in [0.15, 0.2) is 5.69 Å². The molecule has 0 unspecified atom stereocenters. The maximum absolute atomic E-state index is 11.1. The highest BCUT2D eigenvalue weighted by atomic mass is 16.5. The Hall–Kier alpha value is -2.30. The Morgan fingerprint density at radius 2 is 2.28 bits per heavy atom. The number of benzene rings is 1. The number of carboxylic acids is 1. The lowest BCUT2D eigenvalue weighted by Crippen LogP contribution is -2.09. The predicted octanol–water partition coefficient (Wildman–Crippen LogP) is 2.01. The molecule has 0 bridgehead atoms. The van der Waals surface area contributed by atoms with Gasteiger partial charge < -0.3 is 9.84 Å². The van der Waals surface area contributed by atoms with Crippen LogP contribution in [-0.2, 0) is 13.7 Å². The Kier molecular flexibility index (Phi) is 3.32. The molecule has 1 aromatic carbocycles. The Balaban J connectivity index is 2.13. The van der Waals surface area contributed by atoms with Crippen molar-refractivity contribution in [2.24, 2.45) is 7.05 Å². The molecular formula is C13H14N2O3. The lowest BCUT2D eigenvalue weighted by Gasteiger charge is -2.06. The number of nitrogens with zero attached hydrogens (tertiary/aromatic N) is 2. The van der Waals surface area contributed by atoms with Crippen molar-refractivity contribution in [3.05, 3.63) is 47.3 Å². The van der Waals surface area contributed by atoms with Crippen LogP contribution in [0.4, 0.5) is 0 Å². The maximum Gasteiger partial charge on any atom is 0.354 e. The van der Waals surface area contributed by atoms with E-state index in [1.807, 2.05) is 31.2 Å². The minimum Gasteiger partial charge on any atom is -0.489 e. The van der Waals surface area contributed by atoms with Crippen molar-refractivity contribution in [2.45, 2.75) is 13.5 Å². The SMILES string of the molecule is Cc1cccc(OCc2cnn(C)c2C(=O)O)c1. The van der Waals surface area contributed by atoms with Crippen molar-refractivity contribution >= 4 is 5.97 Å². The van der Waals surface area contributed by atoms with Gasteiger partial charge in [-0.25, -0.2) is 4.79 Å². The van der Waals surface area contributed by atoms with Gasteiger partial charge in [-0.3, -0.25) is 4.68 Å². The summed E-state index contributed by atoms with van der Waals surface area (Å²) in [7, 11) is 1.60. The van der Waals surface area contributed by atoms with Gasteiger partial charge in [0.25, 0.3) is 0 Å². The van der Waals surface area contributed by atoms with Crippen molar-refractivity contribution < 1.29 is 14.6 Å². The lowest BCUT2D eigenvalue weighted by atomic mass is 10.2. The van der Waals surface area contributed by atoms with E-state index in [0.29, 0.717) is 5.56 Å². The molecule has 0 spiro atoms. The number of hydrogen-bond acceptors (Lipinski definition) is 3. The van der Waals surface area contributed by atoms with Crippen LogP contribution in [0, 0.1) is 6.92 Å². The molecule has 1 aromatic heterocycles. The summed E-state index contributed by atoms with van der Waals surface area (Å²) in [6, 6.07) is 7.60. The number of aryl methyl sites for hydroxylation is 2. The molecule has 1 heterocycles. The first-order valence-electron chi connectivity index (χ1n) is 5.51. The first kappa shape index (κ1) is 12.2. The normalized spacial score (nSPS) is 10.3. The van der Waals surface area contributed by atoms with Crippen LogP contribution in [-0.4, -0.2) is 20.9 Å². The third-order valence-electron chi connectivity index (χ3n) is 2.60. The molecule has 0 aliphatic carbocycles. The van der Waals surface area contributed by atoms with Gasteiger partial charge in [-0.05, 0) is 24.6 Å². The Morgan fingerprint density at radius 1 is 1.50 bits per heavy atom. The molecule has 18 heavy (non-hydrogen) atoms. The zero-order valence-electron chi connectivity index (χ0n) is 10.3. The second-order valence-electron chi connectivity index (χ2n) is 4.05. The van der Waals surface area contributed by atoms with Crippen LogP contribution >= 0.6 is 0 Å². The zero-order chi connectivity index (χ0) is 13.1. The fourth-order valence-corrected chi connectivity index (χ4v) is 1.73. The van der Waals surface area contributed by atoms with E-state index < -0.39 is 5.97 Å². The van der Waals surface area contributed by atoms with Crippen LogP contribution in [0.15, 0.2) is 30.5 Å². The number of aromatic carboxylic acids is 1. The summed E-state index contributed by atoms with van der Waals surface area (Å²) in [5, 5.41) is 13.0. The lowest BCUT2D eigenvalue weighted by molar-refractivity contribution is 0.0682. The second kappa shape index (κ2) is 4.91. The molecular weight excluding hydrogens is 232 g/mol. The minimum absolute atomic E-state index is 0.155. The average Bonchev–Trinajstić information content (AvgIpc) is 2.68. The monoisotopic (exact) mass is 246 g/mol. The molecule has 2 rings (SSSR count). The topological polar surface area (TPSA) is 64.4 Å². The summed E-state index contributed by atoms with van der Waals surface area (Å²) in [5.41, 5.74) is 1.81. The minimum atomic E-state index is -1.00. The van der Waals surface area contributed by atoms with Crippen molar-refractivity contribution in [1.82, 2.24) is 9.78 Å². The number of carbonyl (C=O) groups is 1. The Morgan fingerprint density at radius 3 is 2.94 bits per heavy atom. The molecule has 0 fully saturated rings. The van der Waals surface area contributed by atoms with Gasteiger partial charge in [0, 0.05) is 12.6 Å². The predicted molar refractivity (Wildman–Crippen MR) is 65.7 cm³/mol. The van der Waals surface area contributed by atoms with Gasteiger partial charge in [0.1, 0.15) is 12.4 Å². The summed E-state index contributed by atoms with van der Waals surface area (Å²) < 4.78 is 6.89. The number of rotatable bonds is 4. The van der Waals surface area contributed by atoms with Crippen LogP contribution in [0.25, 0.3) is 0 Å². The number of aromatic nitrogens is 2. The molecule has 0 saturated heterocycles. The van der Waals surface area contributed by atoms with Crippen molar-refractivity contribution in [3.8, 4) is 5.75 Å². The van der Waals surface area contributed by atoms with Gasteiger partial charge in [-0.15, -0.1) is 0 Å². The van der Waals surface area contributed by atoms with Crippen molar-refractivity contribution in [2.75, 3.05) is 0 Å². The van der Waals surface area contributed by atoms with Crippen LogP contribution in [0.2, 0.25) is 0 Å². The number of carboxylic acid groups (broad SMARTS) is 1. The van der Waals surface area contributed by atoms with Crippen LogP contribution in [0.3, 0.4) is 0 Å². The molecule has 2 aromatic rings. The van der Waals surface area contributed by atoms with Gasteiger partial charge in [0.05, 0.1) is 6.20 Å². The Bertz CT molecular complexity index is 575. The fraction of sp³-hybridized carbons (Fsp3) is 0.231. The maximum atomic E-state index is 11.1. The molecule has 0 amide bonds. The molecule has 1 N–H and O–H groups in total. The van der Waals surface area contributed by atoms with E-state index in [-0.39, 0.29) is 12.3 Å². The highest BCUT2D eigenvalue weighted by molar-refractivity contribution is 5.87. The first-order chi connectivity index (χ1) is 8.58. The molecule has 5 nitrogen and oxygen atoms in total. The summed E-state index contributed by atoms with van der Waals surface area (Å²) in [6.45, 7) is 2.17. The summed E-state index contributed by atoms with van der Waals surface area (Å²) >= 11 is 0. The summed E-state index contributed by atoms with van der Waals surface area (Å²) in [4.78, 5) is 11.1. The van der Waals surface area contributed by atoms with E-state index >= 15 is 0 Å². The third kappa shape index (κ3) is 2.51. The van der Waals surface area contributed by atoms with Crippen LogP contribution < -0.4 is 4.74 Å². The van der Waals surface area contributed by atoms with E-state index in [4.69, 9.17) is 9.84 Å². The van der Waals surface area contributed by atoms with E-state index in [9.17, 15) is 4.79 Å². The smallest absolute Gasteiger partial charge is 0.354 e. The Labute approximate surface area is 105 Å². The quantitative estimate of drug-likeness (QED) is 0.896. The average molecular weight is 246 g/mol. The number of ether oxygens (including phenoxy) is 1. The molecule has 0 radical (unpaired) electrons. The van der Waals surface area contributed by atoms with E-state index in [1.54, 1.807) is 7.05 Å².